The van der Waals surface area contributed by atoms with E-state index in [2.05, 4.69) is 25.5 Å². The molecule has 3 aromatic rings. The van der Waals surface area contributed by atoms with Gasteiger partial charge in [-0.05, 0) is 37.1 Å². The lowest BCUT2D eigenvalue weighted by Crippen LogP contribution is -2.31. The molecule has 3 heterocycles. The number of hydrogen-bond donors (Lipinski definition) is 1. The number of methoxy groups -OCH3 is 1. The van der Waals surface area contributed by atoms with Crippen LogP contribution in [0, 0.1) is 0 Å². The Morgan fingerprint density at radius 2 is 2.15 bits per heavy atom. The zero-order valence-electron chi connectivity index (χ0n) is 14.5. The highest BCUT2D eigenvalue weighted by Gasteiger charge is 2.19. The van der Waals surface area contributed by atoms with Gasteiger partial charge in [-0.15, -0.1) is 17.5 Å². The van der Waals surface area contributed by atoms with Crippen molar-refractivity contribution in [1.29, 1.82) is 0 Å². The summed E-state index contributed by atoms with van der Waals surface area (Å²) in [6, 6.07) is 8.13. The van der Waals surface area contributed by atoms with Gasteiger partial charge >= 0.3 is 0 Å². The van der Waals surface area contributed by atoms with Crippen LogP contribution in [0.15, 0.2) is 35.1 Å². The SMILES string of the molecule is COc1ccc(Cc2noc(-c3ncn(C4CCCNC4)n3)n2)cc1.Cl. The Labute approximate surface area is 157 Å². The largest absolute Gasteiger partial charge is 0.497 e. The van der Waals surface area contributed by atoms with Crippen molar-refractivity contribution in [2.24, 2.45) is 0 Å². The van der Waals surface area contributed by atoms with Crippen molar-refractivity contribution >= 4 is 12.4 Å². The highest BCUT2D eigenvalue weighted by Crippen LogP contribution is 2.19. The maximum absolute atomic E-state index is 5.33. The Morgan fingerprint density at radius 1 is 1.31 bits per heavy atom. The van der Waals surface area contributed by atoms with Crippen molar-refractivity contribution < 1.29 is 9.26 Å². The van der Waals surface area contributed by atoms with Crippen molar-refractivity contribution in [3.63, 3.8) is 0 Å². The Bertz CT molecular complexity index is 826. The summed E-state index contributed by atoms with van der Waals surface area (Å²) in [7, 11) is 1.65. The highest BCUT2D eigenvalue weighted by atomic mass is 35.5. The molecule has 0 radical (unpaired) electrons. The van der Waals surface area contributed by atoms with Crippen LogP contribution in [0.3, 0.4) is 0 Å². The molecule has 1 saturated heterocycles. The normalized spacial score (nSPS) is 16.9. The number of halogens is 1. The summed E-state index contributed by atoms with van der Waals surface area (Å²) in [5.74, 6) is 2.26. The maximum Gasteiger partial charge on any atom is 0.297 e. The molecular formula is C17H21ClN6O2. The molecule has 9 heteroatoms. The Hall–Kier alpha value is -2.45. The first-order valence-corrected chi connectivity index (χ1v) is 8.39. The molecule has 26 heavy (non-hydrogen) atoms. The molecule has 0 saturated carbocycles. The van der Waals surface area contributed by atoms with Crippen LogP contribution in [-0.4, -0.2) is 45.1 Å². The predicted molar refractivity (Wildman–Crippen MR) is 97.5 cm³/mol. The zero-order valence-corrected chi connectivity index (χ0v) is 15.3. The van der Waals surface area contributed by atoms with E-state index in [0.717, 1.165) is 37.2 Å². The van der Waals surface area contributed by atoms with Gasteiger partial charge in [-0.1, -0.05) is 17.3 Å². The first-order valence-electron chi connectivity index (χ1n) is 8.39. The first-order chi connectivity index (χ1) is 12.3. The zero-order chi connectivity index (χ0) is 17.1. The second-order valence-corrected chi connectivity index (χ2v) is 6.09. The fourth-order valence-electron chi connectivity index (χ4n) is 2.95. The van der Waals surface area contributed by atoms with Gasteiger partial charge in [-0.25, -0.2) is 9.67 Å². The third-order valence-electron chi connectivity index (χ3n) is 4.33. The van der Waals surface area contributed by atoms with Crippen molar-refractivity contribution in [2.75, 3.05) is 20.2 Å². The number of piperidine rings is 1. The third kappa shape index (κ3) is 4.03. The van der Waals surface area contributed by atoms with E-state index < -0.39 is 0 Å². The van der Waals surface area contributed by atoms with E-state index in [4.69, 9.17) is 9.26 Å². The van der Waals surface area contributed by atoms with Gasteiger partial charge < -0.3 is 14.6 Å². The topological polar surface area (TPSA) is 90.9 Å². The van der Waals surface area contributed by atoms with Gasteiger partial charge in [0.1, 0.15) is 12.1 Å². The summed E-state index contributed by atoms with van der Waals surface area (Å²) in [5, 5.41) is 11.9. The van der Waals surface area contributed by atoms with Gasteiger partial charge in [0.25, 0.3) is 5.89 Å². The molecular weight excluding hydrogens is 356 g/mol. The maximum atomic E-state index is 5.33. The van der Waals surface area contributed by atoms with Crippen molar-refractivity contribution in [2.45, 2.75) is 25.3 Å². The van der Waals surface area contributed by atoms with Crippen LogP contribution in [0.5, 0.6) is 5.75 Å². The molecule has 2 aromatic heterocycles. The number of ether oxygens (including phenoxy) is 1. The number of benzene rings is 1. The van der Waals surface area contributed by atoms with Gasteiger partial charge in [-0.3, -0.25) is 0 Å². The van der Waals surface area contributed by atoms with E-state index in [1.54, 1.807) is 13.4 Å². The number of nitrogens with one attached hydrogen (secondary N) is 1. The molecule has 0 bridgehead atoms. The number of aromatic nitrogens is 5. The van der Waals surface area contributed by atoms with E-state index in [9.17, 15) is 0 Å². The fraction of sp³-hybridized carbons (Fsp3) is 0.412. The van der Waals surface area contributed by atoms with E-state index >= 15 is 0 Å². The second kappa shape index (κ2) is 8.29. The minimum atomic E-state index is 0. The smallest absolute Gasteiger partial charge is 0.297 e. The minimum absolute atomic E-state index is 0. The third-order valence-corrected chi connectivity index (χ3v) is 4.33. The lowest BCUT2D eigenvalue weighted by atomic mass is 10.1. The van der Waals surface area contributed by atoms with E-state index in [1.165, 1.54) is 0 Å². The average molecular weight is 377 g/mol. The molecule has 1 aliphatic heterocycles. The number of rotatable bonds is 5. The average Bonchev–Trinajstić information content (AvgIpc) is 3.32. The first kappa shape index (κ1) is 18.3. The second-order valence-electron chi connectivity index (χ2n) is 6.09. The molecule has 1 N–H and O–H groups in total. The lowest BCUT2D eigenvalue weighted by Gasteiger charge is -2.22. The molecule has 1 atom stereocenters. The van der Waals surface area contributed by atoms with E-state index in [1.807, 2.05) is 28.9 Å². The molecule has 1 aliphatic rings. The summed E-state index contributed by atoms with van der Waals surface area (Å²) >= 11 is 0. The van der Waals surface area contributed by atoms with Gasteiger partial charge in [0.15, 0.2) is 5.82 Å². The molecule has 8 nitrogen and oxygen atoms in total. The molecule has 1 aromatic carbocycles. The standard InChI is InChI=1S/C17H20N6O2.ClH/c1-24-14-6-4-12(5-7-14)9-15-20-17(25-22-15)16-19-11-23(21-16)13-3-2-8-18-10-13;/h4-7,11,13,18H,2-3,8-10H2,1H3;1H. The summed E-state index contributed by atoms with van der Waals surface area (Å²) in [6.07, 6.45) is 4.57. The van der Waals surface area contributed by atoms with Gasteiger partial charge in [-0.2, -0.15) is 4.98 Å². The van der Waals surface area contributed by atoms with Crippen LogP contribution in [0.4, 0.5) is 0 Å². The number of hydrogen-bond acceptors (Lipinski definition) is 7. The Kier molecular flexibility index (Phi) is 5.85. The van der Waals surface area contributed by atoms with Gasteiger partial charge in [0.05, 0.1) is 13.2 Å². The lowest BCUT2D eigenvalue weighted by molar-refractivity contribution is 0.345. The van der Waals surface area contributed by atoms with Crippen molar-refractivity contribution in [3.8, 4) is 17.5 Å². The van der Waals surface area contributed by atoms with Crippen LogP contribution < -0.4 is 10.1 Å². The van der Waals surface area contributed by atoms with Gasteiger partial charge in [0, 0.05) is 13.0 Å². The van der Waals surface area contributed by atoms with Crippen molar-refractivity contribution in [3.05, 3.63) is 42.0 Å². The van der Waals surface area contributed by atoms with Crippen LogP contribution >= 0.6 is 12.4 Å². The summed E-state index contributed by atoms with van der Waals surface area (Å²) in [6.45, 7) is 1.98. The van der Waals surface area contributed by atoms with E-state index in [-0.39, 0.29) is 12.4 Å². The highest BCUT2D eigenvalue weighted by molar-refractivity contribution is 5.85. The molecule has 4 rings (SSSR count). The Morgan fingerprint density at radius 3 is 2.88 bits per heavy atom. The minimum Gasteiger partial charge on any atom is -0.497 e. The molecule has 1 fully saturated rings. The molecule has 1 unspecified atom stereocenters. The van der Waals surface area contributed by atoms with Crippen molar-refractivity contribution in [1.82, 2.24) is 30.2 Å². The summed E-state index contributed by atoms with van der Waals surface area (Å²) < 4.78 is 12.4. The van der Waals surface area contributed by atoms with E-state index in [0.29, 0.717) is 30.0 Å². The Balaban J connectivity index is 0.00000196. The monoisotopic (exact) mass is 376 g/mol. The molecule has 138 valence electrons. The molecule has 0 spiro atoms. The number of nitrogens with zero attached hydrogens (tertiary/aromatic N) is 5. The van der Waals surface area contributed by atoms with Crippen LogP contribution in [0.1, 0.15) is 30.3 Å². The molecule has 0 amide bonds. The van der Waals surface area contributed by atoms with Gasteiger partial charge in [0.2, 0.25) is 5.82 Å². The van der Waals surface area contributed by atoms with Crippen LogP contribution in [0.25, 0.3) is 11.7 Å². The predicted octanol–water partition coefficient (Wildman–Crippen LogP) is 2.27. The quantitative estimate of drug-likeness (QED) is 0.730. The fourth-order valence-corrected chi connectivity index (χ4v) is 2.95. The summed E-state index contributed by atoms with van der Waals surface area (Å²) in [5.41, 5.74) is 1.08. The van der Waals surface area contributed by atoms with Crippen LogP contribution in [0.2, 0.25) is 0 Å². The molecule has 0 aliphatic carbocycles. The van der Waals surface area contributed by atoms with Crippen LogP contribution in [-0.2, 0) is 6.42 Å². The summed E-state index contributed by atoms with van der Waals surface area (Å²) in [4.78, 5) is 8.73.